The molecule has 6 nitrogen and oxygen atoms in total. The summed E-state index contributed by atoms with van der Waals surface area (Å²) >= 11 is 0. The minimum absolute atomic E-state index is 0.0197. The normalized spacial score (nSPS) is 15.5. The van der Waals surface area contributed by atoms with Crippen LogP contribution >= 0.6 is 0 Å². The van der Waals surface area contributed by atoms with Gasteiger partial charge < -0.3 is 24.7 Å². The van der Waals surface area contributed by atoms with Gasteiger partial charge in [0.1, 0.15) is 17.2 Å². The zero-order chi connectivity index (χ0) is 24.6. The van der Waals surface area contributed by atoms with Crippen LogP contribution in [-0.4, -0.2) is 35.7 Å². The fraction of sp³-hybridized carbons (Fsp3) is 0.192. The molecule has 0 saturated heterocycles. The second-order valence-corrected chi connectivity index (χ2v) is 8.19. The predicted octanol–water partition coefficient (Wildman–Crippen LogP) is 6.66. The highest BCUT2D eigenvalue weighted by molar-refractivity contribution is 5.91. The van der Waals surface area contributed by atoms with Crippen LogP contribution in [0, 0.1) is 0 Å². The highest BCUT2D eigenvalue weighted by atomic mass is 19.4. The number of ether oxygens (including phenoxy) is 2. The first-order chi connectivity index (χ1) is 16.8. The number of nitrogens with one attached hydrogen (secondary N) is 2. The van der Waals surface area contributed by atoms with Gasteiger partial charge in [-0.1, -0.05) is 18.2 Å². The molecule has 180 valence electrons. The van der Waals surface area contributed by atoms with Gasteiger partial charge in [0.2, 0.25) is 0 Å². The number of para-hydroxylation sites is 1. The molecule has 0 aliphatic carbocycles. The molecule has 2 heterocycles. The first-order valence-corrected chi connectivity index (χ1v) is 11.0. The molecule has 2 amide bonds. The van der Waals surface area contributed by atoms with Crippen molar-refractivity contribution >= 4 is 22.6 Å². The number of carbonyl (C=O) groups is 1. The van der Waals surface area contributed by atoms with Gasteiger partial charge >= 0.3 is 12.2 Å². The molecule has 1 aliphatic heterocycles. The standard InChI is InChI=1S/C26H22F3N3O3/c1-34-19-11-12-22-21(15-19)20-13-14-32(24(23(20)31-22)26(27,28)29)25(33)30-16-7-9-18(10-8-16)35-17-5-3-2-4-6-17/h2-12,15,24,31H,13-14H2,1H3,(H,30,33). The Morgan fingerprint density at radius 2 is 1.69 bits per heavy atom. The van der Waals surface area contributed by atoms with Crippen LogP contribution in [0.25, 0.3) is 10.9 Å². The second-order valence-electron chi connectivity index (χ2n) is 8.19. The van der Waals surface area contributed by atoms with Gasteiger partial charge in [-0.25, -0.2) is 4.79 Å². The number of fused-ring (bicyclic) bond motifs is 3. The number of aromatic nitrogens is 1. The van der Waals surface area contributed by atoms with E-state index in [0.29, 0.717) is 39.4 Å². The lowest BCUT2D eigenvalue weighted by Gasteiger charge is -2.36. The zero-order valence-corrected chi connectivity index (χ0v) is 18.7. The van der Waals surface area contributed by atoms with E-state index in [1.54, 1.807) is 54.6 Å². The zero-order valence-electron chi connectivity index (χ0n) is 18.7. The third-order valence-electron chi connectivity index (χ3n) is 5.99. The maximum atomic E-state index is 14.2. The largest absolute Gasteiger partial charge is 0.497 e. The van der Waals surface area contributed by atoms with Crippen LogP contribution in [0.3, 0.4) is 0 Å². The maximum absolute atomic E-state index is 14.2. The summed E-state index contributed by atoms with van der Waals surface area (Å²) in [5, 5.41) is 3.25. The predicted molar refractivity (Wildman–Crippen MR) is 126 cm³/mol. The molecule has 35 heavy (non-hydrogen) atoms. The van der Waals surface area contributed by atoms with Gasteiger partial charge in [-0.3, -0.25) is 0 Å². The summed E-state index contributed by atoms with van der Waals surface area (Å²) in [5.74, 6) is 1.75. The number of aromatic amines is 1. The van der Waals surface area contributed by atoms with E-state index in [2.05, 4.69) is 10.3 Å². The Morgan fingerprint density at radius 1 is 1.00 bits per heavy atom. The van der Waals surface area contributed by atoms with Gasteiger partial charge in [-0.2, -0.15) is 13.2 Å². The molecule has 3 aromatic carbocycles. The number of methoxy groups -OCH3 is 1. The van der Waals surface area contributed by atoms with Crippen molar-refractivity contribution in [1.82, 2.24) is 9.88 Å². The Morgan fingerprint density at radius 3 is 2.37 bits per heavy atom. The lowest BCUT2D eigenvalue weighted by Crippen LogP contribution is -2.48. The van der Waals surface area contributed by atoms with Crippen molar-refractivity contribution in [2.45, 2.75) is 18.6 Å². The Labute approximate surface area is 199 Å². The van der Waals surface area contributed by atoms with Crippen molar-refractivity contribution in [3.05, 3.63) is 84.1 Å². The molecule has 0 bridgehead atoms. The van der Waals surface area contributed by atoms with Crippen LogP contribution < -0.4 is 14.8 Å². The molecule has 1 atom stereocenters. The summed E-state index contributed by atoms with van der Waals surface area (Å²) in [6, 6.07) is 17.8. The van der Waals surface area contributed by atoms with Crippen molar-refractivity contribution < 1.29 is 27.4 Å². The van der Waals surface area contributed by atoms with Crippen LogP contribution in [0.1, 0.15) is 17.3 Å². The molecule has 9 heteroatoms. The summed E-state index contributed by atoms with van der Waals surface area (Å²) in [7, 11) is 1.51. The quantitative estimate of drug-likeness (QED) is 0.342. The molecule has 2 N–H and O–H groups in total. The number of anilines is 1. The number of urea groups is 1. The molecule has 1 aliphatic rings. The van der Waals surface area contributed by atoms with Gasteiger partial charge in [0, 0.05) is 23.1 Å². The number of alkyl halides is 3. The number of hydrogen-bond donors (Lipinski definition) is 2. The van der Waals surface area contributed by atoms with E-state index in [9.17, 15) is 18.0 Å². The highest BCUT2D eigenvalue weighted by Crippen LogP contribution is 2.44. The lowest BCUT2D eigenvalue weighted by atomic mass is 9.97. The number of benzene rings is 3. The van der Waals surface area contributed by atoms with E-state index < -0.39 is 18.2 Å². The van der Waals surface area contributed by atoms with Crippen LogP contribution in [0.15, 0.2) is 72.8 Å². The molecule has 0 saturated carbocycles. The highest BCUT2D eigenvalue weighted by Gasteiger charge is 2.50. The first-order valence-electron chi connectivity index (χ1n) is 11.0. The Kier molecular flexibility index (Phi) is 5.76. The Bertz CT molecular complexity index is 1350. The summed E-state index contributed by atoms with van der Waals surface area (Å²) in [6.07, 6.45) is -4.38. The minimum atomic E-state index is -4.66. The number of amides is 2. The number of hydrogen-bond acceptors (Lipinski definition) is 3. The van der Waals surface area contributed by atoms with E-state index in [1.807, 2.05) is 18.2 Å². The lowest BCUT2D eigenvalue weighted by molar-refractivity contribution is -0.180. The summed E-state index contributed by atoms with van der Waals surface area (Å²) in [6.45, 7) is -0.0810. The van der Waals surface area contributed by atoms with Crippen LogP contribution in [0.4, 0.5) is 23.7 Å². The first kappa shape index (κ1) is 22.6. The smallest absolute Gasteiger partial charge is 0.414 e. The van der Waals surface area contributed by atoms with E-state index >= 15 is 0 Å². The SMILES string of the molecule is COc1ccc2[nH]c3c(c2c1)CCN(C(=O)Nc1ccc(Oc2ccccc2)cc1)C3C(F)(F)F. The number of nitrogens with zero attached hydrogens (tertiary/aromatic N) is 1. The Balaban J connectivity index is 1.38. The molecule has 4 aromatic rings. The molecule has 1 unspecified atom stereocenters. The van der Waals surface area contributed by atoms with Crippen molar-refractivity contribution in [2.75, 3.05) is 19.0 Å². The van der Waals surface area contributed by atoms with Gasteiger partial charge in [0.15, 0.2) is 6.04 Å². The van der Waals surface area contributed by atoms with E-state index in [1.165, 1.54) is 7.11 Å². The maximum Gasteiger partial charge on any atom is 0.414 e. The van der Waals surface area contributed by atoms with Gasteiger partial charge in [-0.15, -0.1) is 0 Å². The molecule has 0 fully saturated rings. The fourth-order valence-electron chi connectivity index (χ4n) is 4.38. The van der Waals surface area contributed by atoms with E-state index in [-0.39, 0.29) is 18.7 Å². The summed E-state index contributed by atoms with van der Waals surface area (Å²) in [4.78, 5) is 16.7. The van der Waals surface area contributed by atoms with Crippen LogP contribution in [0.2, 0.25) is 0 Å². The molecule has 1 aromatic heterocycles. The number of rotatable bonds is 4. The van der Waals surface area contributed by atoms with Crippen molar-refractivity contribution in [3.63, 3.8) is 0 Å². The molecule has 5 rings (SSSR count). The molecule has 0 radical (unpaired) electrons. The summed E-state index contributed by atoms with van der Waals surface area (Å²) < 4.78 is 53.6. The third-order valence-corrected chi connectivity index (χ3v) is 5.99. The van der Waals surface area contributed by atoms with Crippen molar-refractivity contribution in [1.29, 1.82) is 0 Å². The van der Waals surface area contributed by atoms with Crippen LogP contribution in [0.5, 0.6) is 17.2 Å². The fourth-order valence-corrected chi connectivity index (χ4v) is 4.38. The third kappa shape index (κ3) is 4.49. The minimum Gasteiger partial charge on any atom is -0.497 e. The number of H-pyrrole nitrogens is 1. The van der Waals surface area contributed by atoms with Crippen molar-refractivity contribution in [3.8, 4) is 17.2 Å². The average Bonchev–Trinajstić information content (AvgIpc) is 3.22. The number of carbonyl (C=O) groups excluding carboxylic acids is 1. The van der Waals surface area contributed by atoms with Crippen LogP contribution in [-0.2, 0) is 6.42 Å². The Hall–Kier alpha value is -4.14. The monoisotopic (exact) mass is 481 g/mol. The van der Waals surface area contributed by atoms with Crippen molar-refractivity contribution in [2.24, 2.45) is 0 Å². The number of halogens is 3. The topological polar surface area (TPSA) is 66.6 Å². The van der Waals surface area contributed by atoms with Gasteiger partial charge in [0.25, 0.3) is 0 Å². The van der Waals surface area contributed by atoms with E-state index in [4.69, 9.17) is 9.47 Å². The summed E-state index contributed by atoms with van der Waals surface area (Å²) in [5.41, 5.74) is 1.46. The van der Waals surface area contributed by atoms with Gasteiger partial charge in [-0.05, 0) is 66.6 Å². The molecule has 0 spiro atoms. The van der Waals surface area contributed by atoms with Gasteiger partial charge in [0.05, 0.1) is 12.8 Å². The molecular formula is C26H22F3N3O3. The second kappa shape index (κ2) is 8.90. The molecular weight excluding hydrogens is 459 g/mol. The average molecular weight is 481 g/mol. The van der Waals surface area contributed by atoms with E-state index in [0.717, 1.165) is 4.90 Å².